The van der Waals surface area contributed by atoms with Crippen molar-refractivity contribution in [3.8, 4) is 0 Å². The standard InChI is InChI=1S/C19H18IN3O/c1-12-13(2)22-17-6-4-3-5-16(17)19(12)21-11-18(24)23-15-9-7-14(20)8-10-15/h3-10H,11H2,1-2H3,(H,21,22)(H,23,24). The van der Waals surface area contributed by atoms with Crippen molar-refractivity contribution in [1.29, 1.82) is 0 Å². The van der Waals surface area contributed by atoms with Crippen molar-refractivity contribution in [2.75, 3.05) is 17.2 Å². The molecule has 0 saturated heterocycles. The third-order valence-electron chi connectivity index (χ3n) is 3.93. The monoisotopic (exact) mass is 431 g/mol. The minimum atomic E-state index is -0.0749. The van der Waals surface area contributed by atoms with Gasteiger partial charge >= 0.3 is 0 Å². The van der Waals surface area contributed by atoms with Gasteiger partial charge in [-0.05, 0) is 72.3 Å². The van der Waals surface area contributed by atoms with Crippen molar-refractivity contribution in [3.63, 3.8) is 0 Å². The molecule has 24 heavy (non-hydrogen) atoms. The molecule has 0 bridgehead atoms. The number of fused-ring (bicyclic) bond motifs is 1. The molecular weight excluding hydrogens is 413 g/mol. The normalized spacial score (nSPS) is 10.6. The van der Waals surface area contributed by atoms with E-state index in [0.29, 0.717) is 0 Å². The number of amides is 1. The summed E-state index contributed by atoms with van der Waals surface area (Å²) >= 11 is 2.24. The number of hydrogen-bond acceptors (Lipinski definition) is 3. The van der Waals surface area contributed by atoms with Crippen LogP contribution in [0.3, 0.4) is 0 Å². The number of hydrogen-bond donors (Lipinski definition) is 2. The second kappa shape index (κ2) is 7.17. The maximum atomic E-state index is 12.2. The lowest BCUT2D eigenvalue weighted by atomic mass is 10.1. The molecule has 0 aliphatic rings. The number of para-hydroxylation sites is 1. The molecular formula is C19H18IN3O. The zero-order chi connectivity index (χ0) is 17.1. The number of nitrogens with zero attached hydrogens (tertiary/aromatic N) is 1. The van der Waals surface area contributed by atoms with Gasteiger partial charge in [0, 0.05) is 26.0 Å². The molecule has 2 N–H and O–H groups in total. The molecule has 1 aromatic heterocycles. The summed E-state index contributed by atoms with van der Waals surface area (Å²) in [5.74, 6) is -0.0749. The molecule has 1 amide bonds. The summed E-state index contributed by atoms with van der Waals surface area (Å²) in [5.41, 5.74) is 4.73. The fraction of sp³-hybridized carbons (Fsp3) is 0.158. The molecule has 0 spiro atoms. The van der Waals surface area contributed by atoms with Crippen LogP contribution in [0, 0.1) is 17.4 Å². The number of pyridine rings is 1. The Labute approximate surface area is 154 Å². The van der Waals surface area contributed by atoms with Crippen LogP contribution in [0.5, 0.6) is 0 Å². The van der Waals surface area contributed by atoms with Gasteiger partial charge in [-0.25, -0.2) is 0 Å². The quantitative estimate of drug-likeness (QED) is 0.598. The molecule has 1 heterocycles. The largest absolute Gasteiger partial charge is 0.375 e. The van der Waals surface area contributed by atoms with Gasteiger partial charge in [-0.1, -0.05) is 18.2 Å². The Hall–Kier alpha value is -2.15. The zero-order valence-corrected chi connectivity index (χ0v) is 15.7. The maximum absolute atomic E-state index is 12.2. The molecule has 0 aliphatic carbocycles. The molecule has 0 unspecified atom stereocenters. The predicted molar refractivity (Wildman–Crippen MR) is 107 cm³/mol. The van der Waals surface area contributed by atoms with Gasteiger partial charge in [0.15, 0.2) is 0 Å². The summed E-state index contributed by atoms with van der Waals surface area (Å²) in [6.07, 6.45) is 0. The lowest BCUT2D eigenvalue weighted by Crippen LogP contribution is -2.22. The van der Waals surface area contributed by atoms with Crippen LogP contribution >= 0.6 is 22.6 Å². The maximum Gasteiger partial charge on any atom is 0.243 e. The van der Waals surface area contributed by atoms with E-state index in [1.807, 2.05) is 62.4 Å². The Morgan fingerprint density at radius 1 is 1.08 bits per heavy atom. The molecule has 122 valence electrons. The molecule has 0 atom stereocenters. The van der Waals surface area contributed by atoms with Gasteiger partial charge in [0.05, 0.1) is 12.1 Å². The van der Waals surface area contributed by atoms with E-state index in [1.54, 1.807) is 0 Å². The minimum absolute atomic E-state index is 0.0749. The van der Waals surface area contributed by atoms with E-state index in [9.17, 15) is 4.79 Å². The van der Waals surface area contributed by atoms with Gasteiger partial charge in [-0.3, -0.25) is 9.78 Å². The Balaban J connectivity index is 1.76. The summed E-state index contributed by atoms with van der Waals surface area (Å²) in [4.78, 5) is 16.8. The number of aromatic nitrogens is 1. The smallest absolute Gasteiger partial charge is 0.243 e. The average Bonchev–Trinajstić information content (AvgIpc) is 2.57. The molecule has 4 nitrogen and oxygen atoms in total. The van der Waals surface area contributed by atoms with Crippen LogP contribution in [0.25, 0.3) is 10.9 Å². The van der Waals surface area contributed by atoms with Crippen LogP contribution < -0.4 is 10.6 Å². The number of benzene rings is 2. The Morgan fingerprint density at radius 2 is 1.79 bits per heavy atom. The zero-order valence-electron chi connectivity index (χ0n) is 13.6. The van der Waals surface area contributed by atoms with Crippen LogP contribution in [0.1, 0.15) is 11.3 Å². The molecule has 0 saturated carbocycles. The van der Waals surface area contributed by atoms with Crippen molar-refractivity contribution in [2.45, 2.75) is 13.8 Å². The summed E-state index contributed by atoms with van der Waals surface area (Å²) in [7, 11) is 0. The first-order valence-electron chi connectivity index (χ1n) is 7.70. The number of halogens is 1. The van der Waals surface area contributed by atoms with Gasteiger partial charge < -0.3 is 10.6 Å². The first kappa shape index (κ1) is 16.7. The number of aryl methyl sites for hydroxylation is 1. The van der Waals surface area contributed by atoms with Crippen LogP contribution in [-0.2, 0) is 4.79 Å². The lowest BCUT2D eigenvalue weighted by molar-refractivity contribution is -0.114. The van der Waals surface area contributed by atoms with Gasteiger partial charge in [-0.15, -0.1) is 0 Å². The fourth-order valence-electron chi connectivity index (χ4n) is 2.56. The fourth-order valence-corrected chi connectivity index (χ4v) is 2.92. The van der Waals surface area contributed by atoms with Crippen LogP contribution in [0.15, 0.2) is 48.5 Å². The van der Waals surface area contributed by atoms with Crippen LogP contribution in [-0.4, -0.2) is 17.4 Å². The van der Waals surface area contributed by atoms with E-state index in [0.717, 1.165) is 37.1 Å². The Bertz CT molecular complexity index is 891. The van der Waals surface area contributed by atoms with Crippen molar-refractivity contribution in [1.82, 2.24) is 4.98 Å². The SMILES string of the molecule is Cc1nc2ccccc2c(NCC(=O)Nc2ccc(I)cc2)c1C. The van der Waals surface area contributed by atoms with Crippen LogP contribution in [0.4, 0.5) is 11.4 Å². The van der Waals surface area contributed by atoms with Crippen molar-refractivity contribution >= 4 is 50.8 Å². The molecule has 2 aromatic carbocycles. The van der Waals surface area contributed by atoms with Crippen LogP contribution in [0.2, 0.25) is 0 Å². The van der Waals surface area contributed by atoms with Crippen molar-refractivity contribution in [2.24, 2.45) is 0 Å². The highest BCUT2D eigenvalue weighted by molar-refractivity contribution is 14.1. The molecule has 0 radical (unpaired) electrons. The number of nitrogens with one attached hydrogen (secondary N) is 2. The molecule has 0 aliphatic heterocycles. The van der Waals surface area contributed by atoms with E-state index in [-0.39, 0.29) is 12.5 Å². The van der Waals surface area contributed by atoms with Gasteiger partial charge in [-0.2, -0.15) is 0 Å². The molecule has 0 fully saturated rings. The highest BCUT2D eigenvalue weighted by atomic mass is 127. The topological polar surface area (TPSA) is 54.0 Å². The molecule has 5 heteroatoms. The number of carbonyl (C=O) groups excluding carboxylic acids is 1. The number of carbonyl (C=O) groups is 1. The van der Waals surface area contributed by atoms with Crippen molar-refractivity contribution in [3.05, 3.63) is 63.4 Å². The predicted octanol–water partition coefficient (Wildman–Crippen LogP) is 4.51. The summed E-state index contributed by atoms with van der Waals surface area (Å²) in [6.45, 7) is 4.22. The second-order valence-corrected chi connectivity index (χ2v) is 6.87. The van der Waals surface area contributed by atoms with Crippen molar-refractivity contribution < 1.29 is 4.79 Å². The minimum Gasteiger partial charge on any atom is -0.375 e. The van der Waals surface area contributed by atoms with Gasteiger partial charge in [0.1, 0.15) is 0 Å². The lowest BCUT2D eigenvalue weighted by Gasteiger charge is -2.14. The summed E-state index contributed by atoms with van der Waals surface area (Å²) in [6, 6.07) is 15.7. The number of rotatable bonds is 4. The van der Waals surface area contributed by atoms with E-state index in [2.05, 4.69) is 38.2 Å². The summed E-state index contributed by atoms with van der Waals surface area (Å²) in [5, 5.41) is 7.21. The third kappa shape index (κ3) is 3.67. The average molecular weight is 431 g/mol. The number of anilines is 2. The highest BCUT2D eigenvalue weighted by Crippen LogP contribution is 2.27. The van der Waals surface area contributed by atoms with Gasteiger partial charge in [0.25, 0.3) is 0 Å². The molecule has 3 aromatic rings. The third-order valence-corrected chi connectivity index (χ3v) is 4.65. The highest BCUT2D eigenvalue weighted by Gasteiger charge is 2.10. The van der Waals surface area contributed by atoms with E-state index in [4.69, 9.17) is 0 Å². The first-order valence-corrected chi connectivity index (χ1v) is 8.77. The summed E-state index contributed by atoms with van der Waals surface area (Å²) < 4.78 is 1.14. The second-order valence-electron chi connectivity index (χ2n) is 5.62. The Kier molecular flexibility index (Phi) is 4.99. The van der Waals surface area contributed by atoms with E-state index in [1.165, 1.54) is 0 Å². The first-order chi connectivity index (χ1) is 11.5. The van der Waals surface area contributed by atoms with E-state index >= 15 is 0 Å². The molecule has 3 rings (SSSR count). The Morgan fingerprint density at radius 3 is 2.54 bits per heavy atom. The van der Waals surface area contributed by atoms with Gasteiger partial charge in [0.2, 0.25) is 5.91 Å². The van der Waals surface area contributed by atoms with E-state index < -0.39 is 0 Å².